The molecule has 0 bridgehead atoms. The van der Waals surface area contributed by atoms with Crippen molar-refractivity contribution >= 4 is 22.5 Å². The van der Waals surface area contributed by atoms with Crippen molar-refractivity contribution in [2.45, 2.75) is 25.1 Å². The largest absolute Gasteiger partial charge is 0.389 e. The number of carbonyl (C=O) groups excluding carboxylic acids is 1. The average molecular weight is 535 g/mol. The standard InChI is InChI=1S/C27H24F2N6O4/c1-33-11-17-16(3-2-4-22(17)32-33)15-9-20(28)18(21(29)10-15)12-34-13-19(25-30-6-7-35(25)27(34)38)26(37)31-23-5-8-39-14-24(23)36/h2-4,6-7,9-11,13,23-24,36H,5,8,12,14H2,1H3,(H,31,37)/t23-,24-/m0/s1. The van der Waals surface area contributed by atoms with Gasteiger partial charge in [-0.15, -0.1) is 0 Å². The van der Waals surface area contributed by atoms with Gasteiger partial charge in [0.15, 0.2) is 5.65 Å². The molecule has 2 aromatic carbocycles. The Morgan fingerprint density at radius 1 is 1.23 bits per heavy atom. The van der Waals surface area contributed by atoms with E-state index < -0.39 is 41.9 Å². The number of amides is 1. The number of aliphatic hydroxyl groups excluding tert-OH is 1. The summed E-state index contributed by atoms with van der Waals surface area (Å²) in [5.74, 6) is -2.24. The van der Waals surface area contributed by atoms with Crippen LogP contribution in [0.3, 0.4) is 0 Å². The van der Waals surface area contributed by atoms with E-state index in [0.717, 1.165) is 14.4 Å². The fourth-order valence-corrected chi connectivity index (χ4v) is 4.97. The lowest BCUT2D eigenvalue weighted by Gasteiger charge is -2.28. The number of hydrogen-bond acceptors (Lipinski definition) is 6. The van der Waals surface area contributed by atoms with Gasteiger partial charge in [-0.05, 0) is 35.7 Å². The predicted molar refractivity (Wildman–Crippen MR) is 137 cm³/mol. The molecule has 0 unspecified atom stereocenters. The highest BCUT2D eigenvalue weighted by molar-refractivity contribution is 5.99. The van der Waals surface area contributed by atoms with E-state index in [9.17, 15) is 14.7 Å². The SMILES string of the molecule is Cn1cc2c(-c3cc(F)c(Cn4cc(C(=O)N[C@H]5CCOC[C@@H]5O)c5nccn5c4=O)c(F)c3)cccc2n1. The molecule has 5 aromatic rings. The summed E-state index contributed by atoms with van der Waals surface area (Å²) in [5, 5.41) is 18.0. The van der Waals surface area contributed by atoms with Crippen molar-refractivity contribution in [2.75, 3.05) is 13.2 Å². The number of rotatable bonds is 5. The van der Waals surface area contributed by atoms with Gasteiger partial charge in [-0.1, -0.05) is 12.1 Å². The molecular formula is C27H24F2N6O4. The third kappa shape index (κ3) is 4.47. The summed E-state index contributed by atoms with van der Waals surface area (Å²) >= 11 is 0. The maximum absolute atomic E-state index is 15.4. The highest BCUT2D eigenvalue weighted by atomic mass is 19.1. The summed E-state index contributed by atoms with van der Waals surface area (Å²) in [7, 11) is 1.77. The smallest absolute Gasteiger partial charge is 0.334 e. The first kappa shape index (κ1) is 24.9. The second-order valence-corrected chi connectivity index (χ2v) is 9.54. The van der Waals surface area contributed by atoms with Gasteiger partial charge in [-0.25, -0.2) is 18.6 Å². The zero-order chi connectivity index (χ0) is 27.3. The van der Waals surface area contributed by atoms with Crippen molar-refractivity contribution in [1.82, 2.24) is 29.0 Å². The first-order valence-corrected chi connectivity index (χ1v) is 12.3. The molecule has 1 aliphatic heterocycles. The number of carbonyl (C=O) groups is 1. The van der Waals surface area contributed by atoms with Crippen molar-refractivity contribution in [3.8, 4) is 11.1 Å². The zero-order valence-electron chi connectivity index (χ0n) is 20.8. The van der Waals surface area contributed by atoms with E-state index >= 15 is 8.78 Å². The van der Waals surface area contributed by atoms with Crippen molar-refractivity contribution in [3.05, 3.63) is 88.4 Å². The molecule has 12 heteroatoms. The molecule has 39 heavy (non-hydrogen) atoms. The van der Waals surface area contributed by atoms with Crippen molar-refractivity contribution < 1.29 is 23.4 Å². The molecule has 0 spiro atoms. The van der Waals surface area contributed by atoms with E-state index in [1.54, 1.807) is 30.1 Å². The Labute approximate surface area is 220 Å². The van der Waals surface area contributed by atoms with E-state index in [0.29, 0.717) is 29.7 Å². The zero-order valence-corrected chi connectivity index (χ0v) is 20.8. The Balaban J connectivity index is 1.36. The molecular weight excluding hydrogens is 510 g/mol. The number of aromatic nitrogens is 5. The van der Waals surface area contributed by atoms with Gasteiger partial charge >= 0.3 is 5.69 Å². The van der Waals surface area contributed by atoms with Crippen molar-refractivity contribution in [1.29, 1.82) is 0 Å². The summed E-state index contributed by atoms with van der Waals surface area (Å²) in [6, 6.07) is 7.24. The average Bonchev–Trinajstić information content (AvgIpc) is 3.55. The molecule has 0 radical (unpaired) electrons. The molecule has 4 heterocycles. The minimum absolute atomic E-state index is 0.0268. The fourth-order valence-electron chi connectivity index (χ4n) is 4.97. The van der Waals surface area contributed by atoms with Gasteiger partial charge in [0.1, 0.15) is 11.6 Å². The molecule has 2 atom stereocenters. The Hall–Kier alpha value is -4.42. The van der Waals surface area contributed by atoms with Gasteiger partial charge in [0.2, 0.25) is 0 Å². The third-order valence-electron chi connectivity index (χ3n) is 6.95. The maximum atomic E-state index is 15.4. The van der Waals surface area contributed by atoms with Crippen LogP contribution < -0.4 is 11.0 Å². The van der Waals surface area contributed by atoms with Gasteiger partial charge < -0.3 is 15.2 Å². The first-order chi connectivity index (χ1) is 18.8. The lowest BCUT2D eigenvalue weighted by molar-refractivity contribution is -0.0260. The summed E-state index contributed by atoms with van der Waals surface area (Å²) in [5.41, 5.74) is 0.823. The maximum Gasteiger partial charge on any atom is 0.334 e. The molecule has 0 saturated carbocycles. The van der Waals surface area contributed by atoms with Crippen LogP contribution in [0.25, 0.3) is 27.7 Å². The van der Waals surface area contributed by atoms with E-state index in [1.165, 1.54) is 30.7 Å². The second-order valence-electron chi connectivity index (χ2n) is 9.54. The van der Waals surface area contributed by atoms with Crippen molar-refractivity contribution in [3.63, 3.8) is 0 Å². The summed E-state index contributed by atoms with van der Waals surface area (Å²) in [6.07, 6.45) is 5.26. The predicted octanol–water partition coefficient (Wildman–Crippen LogP) is 2.26. The Morgan fingerprint density at radius 2 is 2.03 bits per heavy atom. The van der Waals surface area contributed by atoms with Gasteiger partial charge in [0.05, 0.1) is 36.4 Å². The number of nitrogens with one attached hydrogen (secondary N) is 1. The molecule has 10 nitrogen and oxygen atoms in total. The van der Waals surface area contributed by atoms with Crippen LogP contribution in [0, 0.1) is 11.6 Å². The van der Waals surface area contributed by atoms with E-state index in [2.05, 4.69) is 15.4 Å². The van der Waals surface area contributed by atoms with Gasteiger partial charge in [-0.3, -0.25) is 18.4 Å². The molecule has 0 aliphatic carbocycles. The van der Waals surface area contributed by atoms with Gasteiger partial charge in [0.25, 0.3) is 5.91 Å². The van der Waals surface area contributed by atoms with Crippen LogP contribution >= 0.6 is 0 Å². The van der Waals surface area contributed by atoms with Crippen LogP contribution in [0.5, 0.6) is 0 Å². The van der Waals surface area contributed by atoms with Crippen LogP contribution in [-0.2, 0) is 18.3 Å². The Bertz CT molecular complexity index is 1770. The summed E-state index contributed by atoms with van der Waals surface area (Å²) < 4.78 is 39.8. The number of aryl methyl sites for hydroxylation is 1. The number of halogens is 2. The quantitative estimate of drug-likeness (QED) is 0.358. The molecule has 1 fully saturated rings. The molecule has 200 valence electrons. The number of ether oxygens (including phenoxy) is 1. The topological polar surface area (TPSA) is 116 Å². The number of imidazole rings is 1. The molecule has 6 rings (SSSR count). The van der Waals surface area contributed by atoms with Crippen LogP contribution in [0.2, 0.25) is 0 Å². The number of nitrogens with zero attached hydrogens (tertiary/aromatic N) is 5. The second kappa shape index (κ2) is 9.71. The van der Waals surface area contributed by atoms with E-state index in [4.69, 9.17) is 4.74 Å². The normalized spacial score (nSPS) is 17.6. The van der Waals surface area contributed by atoms with Crippen LogP contribution in [0.15, 0.2) is 59.9 Å². The highest BCUT2D eigenvalue weighted by Gasteiger charge is 2.27. The highest BCUT2D eigenvalue weighted by Crippen LogP contribution is 2.30. The van der Waals surface area contributed by atoms with E-state index in [-0.39, 0.29) is 23.4 Å². The molecule has 2 N–H and O–H groups in total. The lowest BCUT2D eigenvalue weighted by atomic mass is 10.00. The fraction of sp³-hybridized carbons (Fsp3) is 0.259. The van der Waals surface area contributed by atoms with Crippen LogP contribution in [-0.4, -0.2) is 60.1 Å². The van der Waals surface area contributed by atoms with Crippen LogP contribution in [0.4, 0.5) is 8.78 Å². The van der Waals surface area contributed by atoms with E-state index in [1.807, 2.05) is 6.07 Å². The minimum Gasteiger partial charge on any atom is -0.389 e. The Morgan fingerprint density at radius 3 is 2.79 bits per heavy atom. The van der Waals surface area contributed by atoms with Crippen LogP contribution in [0.1, 0.15) is 22.3 Å². The first-order valence-electron chi connectivity index (χ1n) is 12.3. The number of hydrogen-bond donors (Lipinski definition) is 2. The van der Waals surface area contributed by atoms with Gasteiger partial charge in [-0.2, -0.15) is 5.10 Å². The minimum atomic E-state index is -0.886. The molecule has 1 amide bonds. The summed E-state index contributed by atoms with van der Waals surface area (Å²) in [4.78, 5) is 30.4. The monoisotopic (exact) mass is 534 g/mol. The third-order valence-corrected chi connectivity index (χ3v) is 6.95. The molecule has 3 aromatic heterocycles. The number of benzene rings is 2. The summed E-state index contributed by atoms with van der Waals surface area (Å²) in [6.45, 7) is 0.0133. The molecule has 1 aliphatic rings. The Kier molecular flexibility index (Phi) is 6.20. The van der Waals surface area contributed by atoms with Crippen molar-refractivity contribution in [2.24, 2.45) is 7.05 Å². The number of aliphatic hydroxyl groups is 1. The number of fused-ring (bicyclic) bond motifs is 2. The molecule has 1 saturated heterocycles. The lowest BCUT2D eigenvalue weighted by Crippen LogP contribution is -2.49. The van der Waals surface area contributed by atoms with Gasteiger partial charge in [0, 0.05) is 49.4 Å².